The lowest BCUT2D eigenvalue weighted by Gasteiger charge is -2.29. The normalized spacial score (nSPS) is 18.9. The van der Waals surface area contributed by atoms with E-state index in [-0.39, 0.29) is 11.6 Å². The fourth-order valence-corrected chi connectivity index (χ4v) is 3.20. The average Bonchev–Trinajstić information content (AvgIpc) is 3.23. The van der Waals surface area contributed by atoms with Crippen molar-refractivity contribution in [2.75, 3.05) is 6.61 Å². The zero-order chi connectivity index (χ0) is 19.9. The van der Waals surface area contributed by atoms with Crippen molar-refractivity contribution in [2.24, 2.45) is 5.92 Å². The Bertz CT molecular complexity index is 819. The van der Waals surface area contributed by atoms with Crippen LogP contribution in [0.5, 0.6) is 0 Å². The van der Waals surface area contributed by atoms with Crippen molar-refractivity contribution in [1.82, 2.24) is 25.4 Å². The van der Waals surface area contributed by atoms with Crippen LogP contribution >= 0.6 is 0 Å². The molecule has 0 aliphatic heterocycles. The lowest BCUT2D eigenvalue weighted by molar-refractivity contribution is -0.123. The number of carbonyl (C=O) groups excluding carboxylic acids is 3. The summed E-state index contributed by atoms with van der Waals surface area (Å²) in [6, 6.07) is 6.00. The molecule has 148 valence electrons. The van der Waals surface area contributed by atoms with Gasteiger partial charge in [0.2, 0.25) is 0 Å². The summed E-state index contributed by atoms with van der Waals surface area (Å²) in [5.41, 5.74) is 1.03. The van der Waals surface area contributed by atoms with Crippen LogP contribution in [0.4, 0.5) is 4.79 Å². The van der Waals surface area contributed by atoms with E-state index < -0.39 is 24.5 Å². The largest absolute Gasteiger partial charge is 0.452 e. The van der Waals surface area contributed by atoms with Gasteiger partial charge in [0.05, 0.1) is 11.3 Å². The first kappa shape index (κ1) is 19.5. The van der Waals surface area contributed by atoms with E-state index in [1.165, 1.54) is 12.7 Å². The summed E-state index contributed by atoms with van der Waals surface area (Å²) in [7, 11) is 0. The maximum absolute atomic E-state index is 12.1. The number of rotatable bonds is 5. The Balaban J connectivity index is 1.43. The quantitative estimate of drug-likeness (QED) is 0.759. The first-order valence-corrected chi connectivity index (χ1v) is 9.25. The number of esters is 1. The molecule has 0 bridgehead atoms. The number of hydrogen-bond donors (Lipinski definition) is 2. The van der Waals surface area contributed by atoms with E-state index in [2.05, 4.69) is 27.6 Å². The third-order valence-electron chi connectivity index (χ3n) is 4.80. The molecule has 0 unspecified atom stereocenters. The molecule has 1 aromatic heterocycles. The molecule has 2 atom stereocenters. The third kappa shape index (κ3) is 5.15. The van der Waals surface area contributed by atoms with Gasteiger partial charge in [-0.25, -0.2) is 19.3 Å². The average molecular weight is 385 g/mol. The van der Waals surface area contributed by atoms with Crippen LogP contribution in [0.2, 0.25) is 0 Å². The Morgan fingerprint density at radius 1 is 1.18 bits per heavy atom. The molecular formula is C19H23N5O4. The van der Waals surface area contributed by atoms with E-state index >= 15 is 0 Å². The van der Waals surface area contributed by atoms with Crippen molar-refractivity contribution in [3.05, 3.63) is 42.5 Å². The molecule has 0 spiro atoms. The van der Waals surface area contributed by atoms with Crippen molar-refractivity contribution in [1.29, 1.82) is 0 Å². The first-order chi connectivity index (χ1) is 13.5. The number of hydrogen-bond acceptors (Lipinski definition) is 6. The summed E-state index contributed by atoms with van der Waals surface area (Å²) in [6.45, 7) is 1.55. The van der Waals surface area contributed by atoms with E-state index in [9.17, 15) is 14.4 Å². The predicted octanol–water partition coefficient (Wildman–Crippen LogP) is 1.83. The Morgan fingerprint density at radius 3 is 2.61 bits per heavy atom. The highest BCUT2D eigenvalue weighted by atomic mass is 16.5. The molecule has 1 saturated carbocycles. The molecule has 2 N–H and O–H groups in total. The third-order valence-corrected chi connectivity index (χ3v) is 4.80. The molecule has 1 aliphatic rings. The summed E-state index contributed by atoms with van der Waals surface area (Å²) in [6.07, 6.45) is 7.14. The van der Waals surface area contributed by atoms with Crippen LogP contribution in [0.3, 0.4) is 0 Å². The van der Waals surface area contributed by atoms with Crippen molar-refractivity contribution in [3.8, 4) is 5.69 Å². The smallest absolute Gasteiger partial charge is 0.338 e. The highest BCUT2D eigenvalue weighted by Gasteiger charge is 2.23. The van der Waals surface area contributed by atoms with Crippen molar-refractivity contribution >= 4 is 17.9 Å². The SMILES string of the molecule is C[C@H]1CCCC[C@@H]1NC(=O)NC(=O)COC(=O)c1ccc(-n2cncn2)cc1. The van der Waals surface area contributed by atoms with E-state index in [4.69, 9.17) is 4.74 Å². The minimum atomic E-state index is -0.673. The molecule has 0 saturated heterocycles. The first-order valence-electron chi connectivity index (χ1n) is 9.25. The number of urea groups is 1. The van der Waals surface area contributed by atoms with Crippen LogP contribution < -0.4 is 10.6 Å². The van der Waals surface area contributed by atoms with Crippen LogP contribution in [-0.2, 0) is 9.53 Å². The number of nitrogens with zero attached hydrogens (tertiary/aromatic N) is 3. The Labute approximate surface area is 162 Å². The molecule has 1 aromatic carbocycles. The van der Waals surface area contributed by atoms with Crippen LogP contribution in [0.15, 0.2) is 36.9 Å². The molecule has 0 radical (unpaired) electrons. The van der Waals surface area contributed by atoms with Gasteiger partial charge in [0.15, 0.2) is 6.61 Å². The summed E-state index contributed by atoms with van der Waals surface area (Å²) in [5, 5.41) is 9.00. The highest BCUT2D eigenvalue weighted by Crippen LogP contribution is 2.23. The molecule has 3 rings (SSSR count). The van der Waals surface area contributed by atoms with Gasteiger partial charge >= 0.3 is 12.0 Å². The summed E-state index contributed by atoms with van der Waals surface area (Å²) >= 11 is 0. The van der Waals surface area contributed by atoms with Crippen LogP contribution in [0.25, 0.3) is 5.69 Å². The molecule has 3 amide bonds. The minimum Gasteiger partial charge on any atom is -0.452 e. The number of aromatic nitrogens is 3. The number of ether oxygens (including phenoxy) is 1. The number of amides is 3. The summed E-state index contributed by atoms with van der Waals surface area (Å²) in [4.78, 5) is 39.7. The molecule has 1 fully saturated rings. The lowest BCUT2D eigenvalue weighted by atomic mass is 9.86. The van der Waals surface area contributed by atoms with Gasteiger partial charge in [-0.05, 0) is 43.0 Å². The fraction of sp³-hybridized carbons (Fsp3) is 0.421. The van der Waals surface area contributed by atoms with Gasteiger partial charge in [0.1, 0.15) is 12.7 Å². The van der Waals surface area contributed by atoms with Gasteiger partial charge in [0.25, 0.3) is 5.91 Å². The number of imide groups is 1. The van der Waals surface area contributed by atoms with Crippen molar-refractivity contribution in [2.45, 2.75) is 38.6 Å². The van der Waals surface area contributed by atoms with Crippen molar-refractivity contribution in [3.63, 3.8) is 0 Å². The molecule has 9 nitrogen and oxygen atoms in total. The second-order valence-corrected chi connectivity index (χ2v) is 6.85. The van der Waals surface area contributed by atoms with Gasteiger partial charge in [-0.15, -0.1) is 0 Å². The minimum absolute atomic E-state index is 0.0626. The standard InChI is InChI=1S/C19H23N5O4/c1-13-4-2-3-5-16(13)22-19(27)23-17(25)10-28-18(26)14-6-8-15(9-7-14)24-12-20-11-21-24/h6-9,11-13,16H,2-5,10H2,1H3,(H2,22,23,25,27)/t13-,16-/m0/s1. The molecule has 1 aliphatic carbocycles. The predicted molar refractivity (Wildman–Crippen MR) is 99.7 cm³/mol. The van der Waals surface area contributed by atoms with Crippen molar-refractivity contribution < 1.29 is 19.1 Å². The number of nitrogens with one attached hydrogen (secondary N) is 2. The highest BCUT2D eigenvalue weighted by molar-refractivity contribution is 5.97. The van der Waals surface area contributed by atoms with Gasteiger partial charge in [0, 0.05) is 6.04 Å². The van der Waals surface area contributed by atoms with E-state index in [0.717, 1.165) is 31.4 Å². The zero-order valence-corrected chi connectivity index (χ0v) is 15.6. The van der Waals surface area contributed by atoms with Crippen LogP contribution in [0.1, 0.15) is 43.0 Å². The zero-order valence-electron chi connectivity index (χ0n) is 15.6. The summed E-state index contributed by atoms with van der Waals surface area (Å²) in [5.74, 6) is -0.942. The maximum atomic E-state index is 12.1. The molecule has 28 heavy (non-hydrogen) atoms. The second kappa shape index (κ2) is 9.12. The van der Waals surface area contributed by atoms with Gasteiger partial charge in [-0.3, -0.25) is 10.1 Å². The fourth-order valence-electron chi connectivity index (χ4n) is 3.20. The second-order valence-electron chi connectivity index (χ2n) is 6.85. The van der Waals surface area contributed by atoms with E-state index in [1.807, 2.05) is 0 Å². The number of benzene rings is 1. The van der Waals surface area contributed by atoms with Gasteiger partial charge in [-0.2, -0.15) is 5.10 Å². The maximum Gasteiger partial charge on any atom is 0.338 e. The van der Waals surface area contributed by atoms with Crippen LogP contribution in [0, 0.1) is 5.92 Å². The van der Waals surface area contributed by atoms with Gasteiger partial charge in [-0.1, -0.05) is 19.8 Å². The molecule has 9 heteroatoms. The number of carbonyl (C=O) groups is 3. The van der Waals surface area contributed by atoms with E-state index in [0.29, 0.717) is 5.92 Å². The Hall–Kier alpha value is -3.23. The monoisotopic (exact) mass is 385 g/mol. The Morgan fingerprint density at radius 2 is 1.93 bits per heavy atom. The van der Waals surface area contributed by atoms with Crippen LogP contribution in [-0.4, -0.2) is 45.3 Å². The Kier molecular flexibility index (Phi) is 6.36. The topological polar surface area (TPSA) is 115 Å². The lowest BCUT2D eigenvalue weighted by Crippen LogP contribution is -2.48. The molecular weight excluding hydrogens is 362 g/mol. The molecule has 2 aromatic rings. The van der Waals surface area contributed by atoms with E-state index in [1.54, 1.807) is 28.9 Å². The molecule has 1 heterocycles. The van der Waals surface area contributed by atoms with Gasteiger partial charge < -0.3 is 10.1 Å². The summed E-state index contributed by atoms with van der Waals surface area (Å²) < 4.78 is 6.52.